The van der Waals surface area contributed by atoms with Crippen LogP contribution < -0.4 is 10.1 Å². The maximum atomic E-state index is 12.3. The smallest absolute Gasteiger partial charge is 0.387 e. The fourth-order valence-corrected chi connectivity index (χ4v) is 1.72. The van der Waals surface area contributed by atoms with E-state index in [2.05, 4.69) is 15.0 Å². The van der Waals surface area contributed by atoms with Crippen LogP contribution in [0.4, 0.5) is 14.5 Å². The molecule has 1 aromatic heterocycles. The zero-order chi connectivity index (χ0) is 14.5. The van der Waals surface area contributed by atoms with E-state index in [1.807, 2.05) is 0 Å². The molecule has 7 heteroatoms. The third-order valence-corrected chi connectivity index (χ3v) is 2.67. The van der Waals surface area contributed by atoms with Gasteiger partial charge in [-0.1, -0.05) is 23.7 Å². The number of halogens is 3. The molecule has 2 aromatic rings. The van der Waals surface area contributed by atoms with Gasteiger partial charge in [0.1, 0.15) is 5.75 Å². The number of hydrogen-bond acceptors (Lipinski definition) is 3. The molecule has 1 N–H and O–H groups in total. The number of aromatic nitrogens is 1. The van der Waals surface area contributed by atoms with Gasteiger partial charge in [-0.3, -0.25) is 9.78 Å². The van der Waals surface area contributed by atoms with Gasteiger partial charge >= 0.3 is 6.61 Å². The number of para-hydroxylation sites is 2. The minimum Gasteiger partial charge on any atom is -0.433 e. The summed E-state index contributed by atoms with van der Waals surface area (Å²) in [7, 11) is 0. The highest BCUT2D eigenvalue weighted by Gasteiger charge is 2.14. The van der Waals surface area contributed by atoms with Crippen molar-refractivity contribution in [2.24, 2.45) is 0 Å². The molecule has 0 atom stereocenters. The summed E-state index contributed by atoms with van der Waals surface area (Å²) in [6, 6.07) is 7.31. The Bertz CT molecular complexity index is 623. The highest BCUT2D eigenvalue weighted by Crippen LogP contribution is 2.26. The average Bonchev–Trinajstić information content (AvgIpc) is 2.41. The van der Waals surface area contributed by atoms with E-state index in [1.165, 1.54) is 36.7 Å². The molecule has 0 radical (unpaired) electrons. The number of carbonyl (C=O) groups excluding carboxylic acids is 1. The van der Waals surface area contributed by atoms with Crippen LogP contribution in [0.15, 0.2) is 42.7 Å². The molecule has 2 rings (SSSR count). The molecule has 104 valence electrons. The first-order valence-electron chi connectivity index (χ1n) is 5.52. The number of nitrogens with zero attached hydrogens (tertiary/aromatic N) is 1. The summed E-state index contributed by atoms with van der Waals surface area (Å²) < 4.78 is 28.8. The van der Waals surface area contributed by atoms with Crippen LogP contribution in [-0.4, -0.2) is 17.5 Å². The van der Waals surface area contributed by atoms with Gasteiger partial charge in [-0.15, -0.1) is 0 Å². The van der Waals surface area contributed by atoms with Crippen LogP contribution in [0.2, 0.25) is 5.02 Å². The standard InChI is InChI=1S/C13H9ClF2N2O2/c14-9-7-17-6-5-8(9)12(19)18-10-3-1-2-4-11(10)20-13(15)16/h1-7,13H,(H,18,19). The third-order valence-electron chi connectivity index (χ3n) is 2.37. The molecule has 0 aliphatic heterocycles. The van der Waals surface area contributed by atoms with Gasteiger partial charge in [-0.2, -0.15) is 8.78 Å². The summed E-state index contributed by atoms with van der Waals surface area (Å²) in [5.41, 5.74) is 0.319. The number of anilines is 1. The van der Waals surface area contributed by atoms with E-state index in [0.29, 0.717) is 0 Å². The van der Waals surface area contributed by atoms with Crippen LogP contribution in [0.1, 0.15) is 10.4 Å². The first kappa shape index (κ1) is 14.2. The van der Waals surface area contributed by atoms with Gasteiger partial charge in [-0.25, -0.2) is 0 Å². The van der Waals surface area contributed by atoms with E-state index in [0.717, 1.165) is 0 Å². The largest absolute Gasteiger partial charge is 0.433 e. The van der Waals surface area contributed by atoms with E-state index < -0.39 is 12.5 Å². The minimum absolute atomic E-state index is 0.124. The monoisotopic (exact) mass is 298 g/mol. The first-order chi connectivity index (χ1) is 9.58. The molecule has 4 nitrogen and oxygen atoms in total. The van der Waals surface area contributed by atoms with E-state index >= 15 is 0 Å². The molecule has 0 saturated carbocycles. The maximum absolute atomic E-state index is 12.3. The van der Waals surface area contributed by atoms with Gasteiger partial charge in [0.2, 0.25) is 0 Å². The highest BCUT2D eigenvalue weighted by molar-refractivity contribution is 6.34. The quantitative estimate of drug-likeness (QED) is 0.938. The lowest BCUT2D eigenvalue weighted by Gasteiger charge is -2.11. The second-order valence-electron chi connectivity index (χ2n) is 3.68. The van der Waals surface area contributed by atoms with Crippen LogP contribution >= 0.6 is 11.6 Å². The van der Waals surface area contributed by atoms with Crippen LogP contribution in [0, 0.1) is 0 Å². The molecule has 0 unspecified atom stereocenters. The predicted molar refractivity (Wildman–Crippen MR) is 70.3 cm³/mol. The Balaban J connectivity index is 2.22. The summed E-state index contributed by atoms with van der Waals surface area (Å²) in [6.07, 6.45) is 2.72. The van der Waals surface area contributed by atoms with Gasteiger partial charge < -0.3 is 10.1 Å². The van der Waals surface area contributed by atoms with Gasteiger partial charge in [0.05, 0.1) is 16.3 Å². The third kappa shape index (κ3) is 3.42. The van der Waals surface area contributed by atoms with Gasteiger partial charge in [0.25, 0.3) is 5.91 Å². The zero-order valence-electron chi connectivity index (χ0n) is 10.0. The Morgan fingerprint density at radius 2 is 2.05 bits per heavy atom. The average molecular weight is 299 g/mol. The lowest BCUT2D eigenvalue weighted by molar-refractivity contribution is -0.0493. The zero-order valence-corrected chi connectivity index (χ0v) is 10.8. The van der Waals surface area contributed by atoms with E-state index in [1.54, 1.807) is 6.07 Å². The van der Waals surface area contributed by atoms with Gasteiger partial charge in [0, 0.05) is 12.4 Å². The van der Waals surface area contributed by atoms with Crippen LogP contribution in [0.5, 0.6) is 5.75 Å². The summed E-state index contributed by atoms with van der Waals surface area (Å²) >= 11 is 5.83. The normalized spacial score (nSPS) is 10.4. The predicted octanol–water partition coefficient (Wildman–Crippen LogP) is 3.59. The lowest BCUT2D eigenvalue weighted by Crippen LogP contribution is -2.14. The van der Waals surface area contributed by atoms with Crippen molar-refractivity contribution in [3.63, 3.8) is 0 Å². The molecule has 1 aromatic carbocycles. The van der Waals surface area contributed by atoms with Crippen molar-refractivity contribution in [2.45, 2.75) is 6.61 Å². The molecule has 20 heavy (non-hydrogen) atoms. The first-order valence-corrected chi connectivity index (χ1v) is 5.90. The van der Waals surface area contributed by atoms with Gasteiger partial charge in [0.15, 0.2) is 0 Å². The fraction of sp³-hybridized carbons (Fsp3) is 0.0769. The van der Waals surface area contributed by atoms with Crippen molar-refractivity contribution < 1.29 is 18.3 Å². The summed E-state index contributed by atoms with van der Waals surface area (Å²) in [5.74, 6) is -0.663. The van der Waals surface area contributed by atoms with E-state index in [9.17, 15) is 13.6 Å². The second-order valence-corrected chi connectivity index (χ2v) is 4.09. The Labute approximate surface area is 118 Å². The molecule has 1 amide bonds. The van der Waals surface area contributed by atoms with Crippen LogP contribution in [-0.2, 0) is 0 Å². The van der Waals surface area contributed by atoms with Crippen molar-refractivity contribution in [2.75, 3.05) is 5.32 Å². The molecule has 0 spiro atoms. The number of carbonyl (C=O) groups is 1. The summed E-state index contributed by atoms with van der Waals surface area (Å²) in [4.78, 5) is 15.8. The molecule has 0 aliphatic carbocycles. The van der Waals surface area contributed by atoms with Crippen molar-refractivity contribution in [1.29, 1.82) is 0 Å². The van der Waals surface area contributed by atoms with Crippen LogP contribution in [0.3, 0.4) is 0 Å². The minimum atomic E-state index is -2.97. The molecular formula is C13H9ClF2N2O2. The van der Waals surface area contributed by atoms with E-state index in [4.69, 9.17) is 11.6 Å². The number of rotatable bonds is 4. The topological polar surface area (TPSA) is 51.2 Å². The van der Waals surface area contributed by atoms with Crippen molar-refractivity contribution in [1.82, 2.24) is 4.98 Å². The van der Waals surface area contributed by atoms with Crippen molar-refractivity contribution in [3.05, 3.63) is 53.3 Å². The fourth-order valence-electron chi connectivity index (χ4n) is 1.52. The molecule has 0 saturated heterocycles. The maximum Gasteiger partial charge on any atom is 0.387 e. The molecule has 0 fully saturated rings. The SMILES string of the molecule is O=C(Nc1ccccc1OC(F)F)c1ccncc1Cl. The molecular weight excluding hydrogens is 290 g/mol. The Kier molecular flexibility index (Phi) is 4.47. The number of ether oxygens (including phenoxy) is 1. The van der Waals surface area contributed by atoms with Crippen molar-refractivity contribution in [3.8, 4) is 5.75 Å². The van der Waals surface area contributed by atoms with E-state index in [-0.39, 0.29) is 22.0 Å². The Hall–Kier alpha value is -2.21. The number of nitrogens with one attached hydrogen (secondary N) is 1. The Morgan fingerprint density at radius 3 is 2.75 bits per heavy atom. The number of hydrogen-bond donors (Lipinski definition) is 1. The number of benzene rings is 1. The van der Waals surface area contributed by atoms with Gasteiger partial charge in [-0.05, 0) is 18.2 Å². The number of amides is 1. The Morgan fingerprint density at radius 1 is 1.30 bits per heavy atom. The summed E-state index contributed by atoms with van der Waals surface area (Å²) in [6.45, 7) is -2.97. The molecule has 1 heterocycles. The molecule has 0 bridgehead atoms. The highest BCUT2D eigenvalue weighted by atomic mass is 35.5. The molecule has 0 aliphatic rings. The van der Waals surface area contributed by atoms with Crippen LogP contribution in [0.25, 0.3) is 0 Å². The lowest BCUT2D eigenvalue weighted by atomic mass is 10.2. The summed E-state index contributed by atoms with van der Waals surface area (Å²) in [5, 5.41) is 2.63. The second kappa shape index (κ2) is 6.29. The number of alkyl halides is 2. The van der Waals surface area contributed by atoms with Crippen molar-refractivity contribution >= 4 is 23.2 Å². The number of pyridine rings is 1.